The van der Waals surface area contributed by atoms with Gasteiger partial charge in [0.05, 0.1) is 12.1 Å². The van der Waals surface area contributed by atoms with Gasteiger partial charge in [-0.15, -0.1) is 6.58 Å². The third-order valence-corrected chi connectivity index (χ3v) is 3.94. The lowest BCUT2D eigenvalue weighted by molar-refractivity contribution is -0.137. The Labute approximate surface area is 149 Å². The van der Waals surface area contributed by atoms with Crippen molar-refractivity contribution in [1.82, 2.24) is 15.5 Å². The van der Waals surface area contributed by atoms with Crippen molar-refractivity contribution < 1.29 is 22.8 Å². The highest BCUT2D eigenvalue weighted by atomic mass is 19.4. The van der Waals surface area contributed by atoms with E-state index >= 15 is 0 Å². The largest absolute Gasteiger partial charge is 0.416 e. The minimum atomic E-state index is -4.37. The molecule has 0 aromatic heterocycles. The van der Waals surface area contributed by atoms with E-state index in [0.29, 0.717) is 31.9 Å². The van der Waals surface area contributed by atoms with E-state index in [1.165, 1.54) is 12.1 Å². The van der Waals surface area contributed by atoms with Gasteiger partial charge in [0.2, 0.25) is 5.91 Å². The van der Waals surface area contributed by atoms with Crippen LogP contribution < -0.4 is 15.5 Å². The molecule has 0 saturated carbocycles. The van der Waals surface area contributed by atoms with Gasteiger partial charge >= 0.3 is 12.2 Å². The van der Waals surface area contributed by atoms with Crippen molar-refractivity contribution in [2.75, 3.05) is 44.2 Å². The number of alkyl halides is 3. The zero-order valence-corrected chi connectivity index (χ0v) is 14.2. The third kappa shape index (κ3) is 5.76. The molecule has 3 amide bonds. The summed E-state index contributed by atoms with van der Waals surface area (Å²) in [6, 6.07) is 4.62. The Morgan fingerprint density at radius 2 is 1.88 bits per heavy atom. The number of halogens is 3. The molecule has 26 heavy (non-hydrogen) atoms. The fourth-order valence-corrected chi connectivity index (χ4v) is 2.62. The summed E-state index contributed by atoms with van der Waals surface area (Å²) in [4.78, 5) is 26.9. The molecule has 1 aromatic rings. The summed E-state index contributed by atoms with van der Waals surface area (Å²) in [6.07, 6.45) is -2.88. The van der Waals surface area contributed by atoms with Crippen molar-refractivity contribution in [3.05, 3.63) is 42.5 Å². The quantitative estimate of drug-likeness (QED) is 0.777. The van der Waals surface area contributed by atoms with Crippen LogP contribution >= 0.6 is 0 Å². The third-order valence-electron chi connectivity index (χ3n) is 3.94. The first-order chi connectivity index (χ1) is 12.3. The maximum atomic E-state index is 12.8. The van der Waals surface area contributed by atoms with Crippen LogP contribution in [0, 0.1) is 0 Å². The summed E-state index contributed by atoms with van der Waals surface area (Å²) >= 11 is 0. The van der Waals surface area contributed by atoms with Gasteiger partial charge in [-0.2, -0.15) is 13.2 Å². The number of carbonyl (C=O) groups is 2. The fraction of sp³-hybridized carbons (Fsp3) is 0.412. The second-order valence-corrected chi connectivity index (χ2v) is 5.86. The molecule has 0 bridgehead atoms. The first kappa shape index (κ1) is 19.8. The molecule has 1 heterocycles. The van der Waals surface area contributed by atoms with E-state index in [9.17, 15) is 22.8 Å². The molecule has 2 N–H and O–H groups in total. The van der Waals surface area contributed by atoms with E-state index in [0.717, 1.165) is 12.1 Å². The van der Waals surface area contributed by atoms with E-state index in [1.54, 1.807) is 6.07 Å². The Hall–Kier alpha value is -2.55. The van der Waals surface area contributed by atoms with Crippen LogP contribution in [-0.2, 0) is 11.0 Å². The van der Waals surface area contributed by atoms with Gasteiger partial charge in [-0.25, -0.2) is 4.79 Å². The monoisotopic (exact) mass is 370 g/mol. The maximum Gasteiger partial charge on any atom is 0.416 e. The number of nitrogens with zero attached hydrogens (tertiary/aromatic N) is 2. The number of hydrogen-bond donors (Lipinski definition) is 2. The molecule has 0 atom stereocenters. The van der Waals surface area contributed by atoms with Crippen LogP contribution in [0.1, 0.15) is 5.56 Å². The first-order valence-corrected chi connectivity index (χ1v) is 8.12. The number of amides is 3. The van der Waals surface area contributed by atoms with Crippen molar-refractivity contribution in [3.8, 4) is 0 Å². The summed E-state index contributed by atoms with van der Waals surface area (Å²) in [5, 5.41) is 4.65. The molecule has 0 radical (unpaired) electrons. The highest BCUT2D eigenvalue weighted by molar-refractivity contribution is 5.95. The Kier molecular flexibility index (Phi) is 6.62. The number of hydrogen-bond acceptors (Lipinski definition) is 4. The fourth-order valence-electron chi connectivity index (χ4n) is 2.62. The number of carbonyl (C=O) groups excluding carboxylic acids is 2. The summed E-state index contributed by atoms with van der Waals surface area (Å²) < 4.78 is 38.4. The molecule has 0 aliphatic carbocycles. The van der Waals surface area contributed by atoms with E-state index in [4.69, 9.17) is 0 Å². The van der Waals surface area contributed by atoms with Crippen LogP contribution in [0.4, 0.5) is 23.7 Å². The Morgan fingerprint density at radius 1 is 1.19 bits per heavy atom. The van der Waals surface area contributed by atoms with Crippen LogP contribution in [0.2, 0.25) is 0 Å². The molecule has 1 fully saturated rings. The summed E-state index contributed by atoms with van der Waals surface area (Å²) in [5.41, 5.74) is -0.171. The SMILES string of the molecule is C=CCNC(=O)NC(=O)CN1CCN(c2cccc(C(F)(F)F)c2)CC1. The number of urea groups is 1. The lowest BCUT2D eigenvalue weighted by Crippen LogP contribution is -2.51. The lowest BCUT2D eigenvalue weighted by atomic mass is 10.1. The average Bonchev–Trinajstić information content (AvgIpc) is 2.60. The second-order valence-electron chi connectivity index (χ2n) is 5.86. The van der Waals surface area contributed by atoms with Crippen LogP contribution in [0.15, 0.2) is 36.9 Å². The number of nitrogens with one attached hydrogen (secondary N) is 2. The van der Waals surface area contributed by atoms with Crippen molar-refractivity contribution in [1.29, 1.82) is 0 Å². The van der Waals surface area contributed by atoms with Gasteiger partial charge in [0.25, 0.3) is 0 Å². The second kappa shape index (κ2) is 8.70. The van der Waals surface area contributed by atoms with E-state index in [2.05, 4.69) is 17.2 Å². The first-order valence-electron chi connectivity index (χ1n) is 8.12. The zero-order chi connectivity index (χ0) is 19.2. The van der Waals surface area contributed by atoms with Crippen molar-refractivity contribution in [2.45, 2.75) is 6.18 Å². The molecule has 142 valence electrons. The van der Waals surface area contributed by atoms with Gasteiger partial charge in [0.15, 0.2) is 0 Å². The predicted molar refractivity (Wildman–Crippen MR) is 91.8 cm³/mol. The molecule has 2 rings (SSSR count). The van der Waals surface area contributed by atoms with E-state index < -0.39 is 23.7 Å². The Balaban J connectivity index is 1.83. The minimum Gasteiger partial charge on any atom is -0.369 e. The summed E-state index contributed by atoms with van der Waals surface area (Å²) in [7, 11) is 0. The molecule has 1 saturated heterocycles. The average molecular weight is 370 g/mol. The highest BCUT2D eigenvalue weighted by Gasteiger charge is 2.31. The minimum absolute atomic E-state index is 0.0535. The molecule has 0 spiro atoms. The van der Waals surface area contributed by atoms with E-state index in [-0.39, 0.29) is 13.1 Å². The van der Waals surface area contributed by atoms with Gasteiger partial charge in [-0.1, -0.05) is 12.1 Å². The number of benzene rings is 1. The van der Waals surface area contributed by atoms with Gasteiger partial charge < -0.3 is 10.2 Å². The molecule has 1 aliphatic heterocycles. The molecule has 1 aliphatic rings. The molecule has 0 unspecified atom stereocenters. The zero-order valence-electron chi connectivity index (χ0n) is 14.2. The maximum absolute atomic E-state index is 12.8. The molecule has 6 nitrogen and oxygen atoms in total. The van der Waals surface area contributed by atoms with Crippen molar-refractivity contribution >= 4 is 17.6 Å². The Morgan fingerprint density at radius 3 is 2.50 bits per heavy atom. The Bertz CT molecular complexity index is 656. The van der Waals surface area contributed by atoms with Crippen molar-refractivity contribution in [3.63, 3.8) is 0 Å². The van der Waals surface area contributed by atoms with Crippen LogP contribution in [0.5, 0.6) is 0 Å². The van der Waals surface area contributed by atoms with Crippen LogP contribution in [0.25, 0.3) is 0 Å². The normalized spacial score (nSPS) is 15.4. The predicted octanol–water partition coefficient (Wildman–Crippen LogP) is 1.84. The number of anilines is 1. The van der Waals surface area contributed by atoms with E-state index in [1.807, 2.05) is 9.80 Å². The molecule has 1 aromatic carbocycles. The lowest BCUT2D eigenvalue weighted by Gasteiger charge is -2.35. The summed E-state index contributed by atoms with van der Waals surface area (Å²) in [5.74, 6) is -0.431. The van der Waals surface area contributed by atoms with Crippen LogP contribution in [-0.4, -0.2) is 56.1 Å². The molecular weight excluding hydrogens is 349 g/mol. The van der Waals surface area contributed by atoms with Gasteiger partial charge in [0.1, 0.15) is 0 Å². The number of piperazine rings is 1. The van der Waals surface area contributed by atoms with Gasteiger partial charge in [-0.3, -0.25) is 15.0 Å². The number of imide groups is 1. The topological polar surface area (TPSA) is 64.7 Å². The summed E-state index contributed by atoms with van der Waals surface area (Å²) in [6.45, 7) is 5.78. The van der Waals surface area contributed by atoms with Gasteiger partial charge in [0, 0.05) is 38.4 Å². The number of rotatable bonds is 5. The van der Waals surface area contributed by atoms with Crippen molar-refractivity contribution in [2.24, 2.45) is 0 Å². The standard InChI is InChI=1S/C17H21F3N4O2/c1-2-6-21-16(26)22-15(25)12-23-7-9-24(10-8-23)14-5-3-4-13(11-14)17(18,19)20/h2-5,11H,1,6-10,12H2,(H2,21,22,25,26). The molecule has 9 heteroatoms. The van der Waals surface area contributed by atoms with Gasteiger partial charge in [-0.05, 0) is 18.2 Å². The molecular formula is C17H21F3N4O2. The van der Waals surface area contributed by atoms with Crippen LogP contribution in [0.3, 0.4) is 0 Å². The highest BCUT2D eigenvalue weighted by Crippen LogP contribution is 2.31. The smallest absolute Gasteiger partial charge is 0.369 e.